The van der Waals surface area contributed by atoms with Crippen LogP contribution < -0.4 is 4.74 Å². The summed E-state index contributed by atoms with van der Waals surface area (Å²) in [6.07, 6.45) is 2.28. The van der Waals surface area contributed by atoms with Crippen LogP contribution in [0.5, 0.6) is 5.75 Å². The summed E-state index contributed by atoms with van der Waals surface area (Å²) in [5.74, 6) is 2.13. The molecule has 1 amide bonds. The number of carbonyl (C=O) groups is 1. The summed E-state index contributed by atoms with van der Waals surface area (Å²) in [5, 5.41) is 7.24. The second-order valence-electron chi connectivity index (χ2n) is 9.36. The number of ether oxygens (including phenoxy) is 1. The van der Waals surface area contributed by atoms with Crippen LogP contribution >= 0.6 is 0 Å². The first kappa shape index (κ1) is 23.2. The van der Waals surface area contributed by atoms with E-state index in [1.807, 2.05) is 55.4 Å². The first-order valence-electron chi connectivity index (χ1n) is 12.0. The van der Waals surface area contributed by atoms with Crippen molar-refractivity contribution in [2.24, 2.45) is 11.1 Å². The first-order valence-corrected chi connectivity index (χ1v) is 12.0. The maximum atomic E-state index is 12.6. The Bertz CT molecular complexity index is 1210. The molecule has 1 aliphatic carbocycles. The van der Waals surface area contributed by atoms with Gasteiger partial charge in [0, 0.05) is 30.6 Å². The average Bonchev–Trinajstić information content (AvgIpc) is 3.47. The fraction of sp³-hybridized carbons (Fsp3) is 0.423. The van der Waals surface area contributed by atoms with E-state index in [4.69, 9.17) is 9.26 Å². The highest BCUT2D eigenvalue weighted by atomic mass is 16.5. The van der Waals surface area contributed by atoms with E-state index in [1.54, 1.807) is 0 Å². The normalized spacial score (nSPS) is 19.1. The van der Waals surface area contributed by atoms with Crippen LogP contribution in [0.1, 0.15) is 30.0 Å². The molecule has 2 aromatic carbocycles. The number of hydrogen-bond acceptors (Lipinski definition) is 8. The van der Waals surface area contributed by atoms with Gasteiger partial charge in [0.2, 0.25) is 11.7 Å². The van der Waals surface area contributed by atoms with Crippen LogP contribution in [-0.2, 0) is 11.2 Å². The van der Waals surface area contributed by atoms with Crippen LogP contribution in [0.3, 0.4) is 0 Å². The Hall–Kier alpha value is -3.59. The van der Waals surface area contributed by atoms with Gasteiger partial charge in [-0.15, -0.1) is 0 Å². The molecule has 1 aliphatic heterocycles. The molecule has 5 rings (SSSR count). The van der Waals surface area contributed by atoms with Crippen LogP contribution in [0.15, 0.2) is 52.2 Å². The van der Waals surface area contributed by atoms with Gasteiger partial charge >= 0.3 is 0 Å². The number of likely N-dealkylation sites (N-methyl/N-ethyl adjacent to an activating group) is 1. The molecule has 35 heavy (non-hydrogen) atoms. The minimum atomic E-state index is -0.0284. The molecule has 2 atom stereocenters. The number of benzene rings is 2. The molecule has 2 aliphatic rings. The second kappa shape index (κ2) is 9.95. The highest BCUT2D eigenvalue weighted by Crippen LogP contribution is 2.47. The van der Waals surface area contributed by atoms with Crippen molar-refractivity contribution in [3.8, 4) is 28.6 Å². The van der Waals surface area contributed by atoms with E-state index in [0.717, 1.165) is 47.4 Å². The first-order chi connectivity index (χ1) is 17.0. The number of nitrogens with zero attached hydrogens (tertiary/aromatic N) is 5. The molecule has 2 heterocycles. The Morgan fingerprint density at radius 2 is 2.03 bits per heavy atom. The van der Waals surface area contributed by atoms with Gasteiger partial charge < -0.3 is 19.1 Å². The largest absolute Gasteiger partial charge is 0.492 e. The molecule has 1 aromatic heterocycles. The van der Waals surface area contributed by atoms with Crippen molar-refractivity contribution in [1.82, 2.24) is 19.9 Å². The molecule has 1 unspecified atom stereocenters. The van der Waals surface area contributed by atoms with E-state index in [9.17, 15) is 9.70 Å². The third kappa shape index (κ3) is 4.68. The molecule has 9 nitrogen and oxygen atoms in total. The zero-order chi connectivity index (χ0) is 24.4. The number of hydrogen-bond donors (Lipinski definition) is 0. The van der Waals surface area contributed by atoms with Crippen molar-refractivity contribution < 1.29 is 14.1 Å². The summed E-state index contributed by atoms with van der Waals surface area (Å²) in [5.41, 5.74) is 4.00. The van der Waals surface area contributed by atoms with E-state index in [2.05, 4.69) is 26.3 Å². The van der Waals surface area contributed by atoms with E-state index >= 15 is 0 Å². The minimum Gasteiger partial charge on any atom is -0.492 e. The number of fused-ring (bicyclic) bond motifs is 3. The molecule has 0 N–H and O–H groups in total. The topological polar surface area (TPSA) is 101 Å². The molecule has 1 fully saturated rings. The smallest absolute Gasteiger partial charge is 0.258 e. The van der Waals surface area contributed by atoms with E-state index in [0.29, 0.717) is 31.3 Å². The predicted octanol–water partition coefficient (Wildman–Crippen LogP) is 3.95. The molecular weight excluding hydrogens is 446 g/mol. The van der Waals surface area contributed by atoms with E-state index in [-0.39, 0.29) is 24.4 Å². The van der Waals surface area contributed by atoms with Crippen LogP contribution in [0.4, 0.5) is 0 Å². The van der Waals surface area contributed by atoms with Crippen molar-refractivity contribution in [3.63, 3.8) is 0 Å². The van der Waals surface area contributed by atoms with E-state index < -0.39 is 0 Å². The quantitative estimate of drug-likeness (QED) is 0.432. The summed E-state index contributed by atoms with van der Waals surface area (Å²) in [6, 6.07) is 13.7. The molecular formula is C26H29N5O4. The van der Waals surface area contributed by atoms with Crippen LogP contribution in [0.25, 0.3) is 22.8 Å². The van der Waals surface area contributed by atoms with Crippen molar-refractivity contribution in [2.75, 3.05) is 40.3 Å². The Morgan fingerprint density at radius 3 is 2.80 bits per heavy atom. The van der Waals surface area contributed by atoms with Crippen LogP contribution in [0.2, 0.25) is 0 Å². The lowest BCUT2D eigenvalue weighted by molar-refractivity contribution is -0.128. The molecule has 182 valence electrons. The van der Waals surface area contributed by atoms with Gasteiger partial charge in [-0.25, -0.2) is 0 Å². The lowest BCUT2D eigenvalue weighted by Crippen LogP contribution is -2.33. The van der Waals surface area contributed by atoms with E-state index in [1.165, 1.54) is 0 Å². The molecule has 0 spiro atoms. The van der Waals surface area contributed by atoms with Crippen molar-refractivity contribution in [1.29, 1.82) is 0 Å². The highest BCUT2D eigenvalue weighted by molar-refractivity contribution is 5.80. The van der Waals surface area contributed by atoms with Gasteiger partial charge in [-0.1, -0.05) is 28.5 Å². The fourth-order valence-electron chi connectivity index (χ4n) is 5.15. The molecule has 1 saturated heterocycles. The van der Waals surface area contributed by atoms with Crippen LogP contribution in [-0.4, -0.2) is 66.2 Å². The molecule has 0 bridgehead atoms. The van der Waals surface area contributed by atoms with Crippen molar-refractivity contribution >= 4 is 5.91 Å². The van der Waals surface area contributed by atoms with Gasteiger partial charge in [0.25, 0.3) is 5.89 Å². The standard InChI is InChI=1S/C26H29N5O4/c1-30(2)14-15-34-19-9-6-17(7-10-19)26-28-25(29-35-26)22-5-3-4-21-20(22)11-8-18-16-23(32)31(24(18)21)13-12-27-33/h3-7,9-10,18,24H,8,11-16H2,1-2H3/t18?,24-/m1/s1. The number of aromatic nitrogens is 2. The Balaban J connectivity index is 1.38. The monoisotopic (exact) mass is 475 g/mol. The summed E-state index contributed by atoms with van der Waals surface area (Å²) in [7, 11) is 4.02. The SMILES string of the molecule is CN(C)CCOc1ccc(-c2nc(-c3cccc4c3CCC3CC(=O)N(CCN=O)[C@@H]43)no2)cc1. The van der Waals surface area contributed by atoms with Gasteiger partial charge in [0.1, 0.15) is 12.4 Å². The van der Waals surface area contributed by atoms with Crippen molar-refractivity contribution in [2.45, 2.75) is 25.3 Å². The highest BCUT2D eigenvalue weighted by Gasteiger charge is 2.43. The number of rotatable bonds is 9. The Kier molecular flexibility index (Phi) is 6.59. The maximum Gasteiger partial charge on any atom is 0.258 e. The van der Waals surface area contributed by atoms with Crippen molar-refractivity contribution in [3.05, 3.63) is 58.5 Å². The van der Waals surface area contributed by atoms with Crippen LogP contribution in [0, 0.1) is 10.8 Å². The molecule has 0 saturated carbocycles. The Morgan fingerprint density at radius 1 is 1.20 bits per heavy atom. The molecule has 3 aromatic rings. The van der Waals surface area contributed by atoms with Gasteiger partial charge in [0.15, 0.2) is 0 Å². The maximum absolute atomic E-state index is 12.6. The molecule has 9 heteroatoms. The lowest BCUT2D eigenvalue weighted by Gasteiger charge is -2.34. The predicted molar refractivity (Wildman–Crippen MR) is 131 cm³/mol. The number of nitroso groups, excluding NO2 is 1. The van der Waals surface area contributed by atoms with Gasteiger partial charge in [-0.2, -0.15) is 9.89 Å². The Labute approximate surface area is 204 Å². The summed E-state index contributed by atoms with van der Waals surface area (Å²) < 4.78 is 11.4. The second-order valence-corrected chi connectivity index (χ2v) is 9.36. The number of likely N-dealkylation sites (tertiary alicyclic amines) is 1. The fourth-order valence-corrected chi connectivity index (χ4v) is 5.15. The third-order valence-electron chi connectivity index (χ3n) is 6.84. The summed E-state index contributed by atoms with van der Waals surface area (Å²) in [6.45, 7) is 1.93. The number of carbonyl (C=O) groups excluding carboxylic acids is 1. The zero-order valence-corrected chi connectivity index (χ0v) is 20.0. The summed E-state index contributed by atoms with van der Waals surface area (Å²) in [4.78, 5) is 31.9. The average molecular weight is 476 g/mol. The third-order valence-corrected chi connectivity index (χ3v) is 6.84. The summed E-state index contributed by atoms with van der Waals surface area (Å²) >= 11 is 0. The number of amides is 1. The lowest BCUT2D eigenvalue weighted by atomic mass is 9.78. The molecule has 0 radical (unpaired) electrons. The van der Waals surface area contributed by atoms with Gasteiger partial charge in [-0.05, 0) is 68.2 Å². The van der Waals surface area contributed by atoms with Gasteiger partial charge in [0.05, 0.1) is 12.6 Å². The minimum absolute atomic E-state index is 0.0284. The zero-order valence-electron chi connectivity index (χ0n) is 20.0. The van der Waals surface area contributed by atoms with Gasteiger partial charge in [-0.3, -0.25) is 4.79 Å².